The summed E-state index contributed by atoms with van der Waals surface area (Å²) in [5.41, 5.74) is 0. The van der Waals surface area contributed by atoms with Gasteiger partial charge < -0.3 is 4.74 Å². The van der Waals surface area contributed by atoms with Gasteiger partial charge >= 0.3 is 0 Å². The van der Waals surface area contributed by atoms with Crippen LogP contribution in [0, 0.1) is 9.49 Å². The van der Waals surface area contributed by atoms with E-state index in [4.69, 9.17) is 16.3 Å². The van der Waals surface area contributed by atoms with Crippen LogP contribution >= 0.6 is 34.2 Å². The van der Waals surface area contributed by atoms with Crippen molar-refractivity contribution in [2.45, 2.75) is 12.8 Å². The fourth-order valence-electron chi connectivity index (χ4n) is 1.11. The Morgan fingerprint density at radius 2 is 2.23 bits per heavy atom. The average Bonchev–Trinajstić information content (AvgIpc) is 2.87. The molecular formula is C10H10ClIO. The highest BCUT2D eigenvalue weighted by Gasteiger charge is 2.22. The van der Waals surface area contributed by atoms with Crippen molar-refractivity contribution in [1.29, 1.82) is 0 Å². The smallest absolute Gasteiger partial charge is 0.151 e. The van der Waals surface area contributed by atoms with E-state index < -0.39 is 0 Å². The van der Waals surface area contributed by atoms with Gasteiger partial charge in [-0.25, -0.2) is 0 Å². The van der Waals surface area contributed by atoms with Crippen LogP contribution in [0.3, 0.4) is 0 Å². The van der Waals surface area contributed by atoms with Gasteiger partial charge in [-0.1, -0.05) is 17.7 Å². The van der Waals surface area contributed by atoms with E-state index in [0.29, 0.717) is 5.02 Å². The molecule has 1 nitrogen and oxygen atoms in total. The van der Waals surface area contributed by atoms with Crippen LogP contribution in [0.1, 0.15) is 12.8 Å². The number of benzene rings is 1. The molecule has 0 aliphatic heterocycles. The summed E-state index contributed by atoms with van der Waals surface area (Å²) in [4.78, 5) is 0. The van der Waals surface area contributed by atoms with Gasteiger partial charge in [-0.15, -0.1) is 0 Å². The molecule has 1 aliphatic rings. The molecule has 0 aromatic heterocycles. The zero-order chi connectivity index (χ0) is 9.26. The predicted octanol–water partition coefficient (Wildman–Crippen LogP) is 3.73. The van der Waals surface area contributed by atoms with Crippen molar-refractivity contribution in [3.8, 4) is 5.75 Å². The Labute approximate surface area is 96.6 Å². The minimum absolute atomic E-state index is 0.715. The predicted molar refractivity (Wildman–Crippen MR) is 62.4 cm³/mol. The van der Waals surface area contributed by atoms with Gasteiger partial charge in [-0.3, -0.25) is 0 Å². The van der Waals surface area contributed by atoms with Gasteiger partial charge in [0.15, 0.2) is 5.75 Å². The maximum atomic E-state index is 6.00. The molecule has 0 saturated heterocycles. The highest BCUT2D eigenvalue weighted by molar-refractivity contribution is 14.1. The van der Waals surface area contributed by atoms with E-state index in [9.17, 15) is 0 Å². The molecule has 1 aromatic carbocycles. The molecular weight excluding hydrogens is 298 g/mol. The summed E-state index contributed by atoms with van der Waals surface area (Å²) in [6, 6.07) is 5.81. The number of para-hydroxylation sites is 1. The molecule has 1 saturated carbocycles. The van der Waals surface area contributed by atoms with Crippen LogP contribution in [0.4, 0.5) is 0 Å². The Balaban J connectivity index is 2.07. The fourth-order valence-corrected chi connectivity index (χ4v) is 2.15. The SMILES string of the molecule is Clc1cccc(I)c1OCC1CC1. The Morgan fingerprint density at radius 1 is 1.46 bits per heavy atom. The number of halogens is 2. The molecule has 13 heavy (non-hydrogen) atoms. The maximum Gasteiger partial charge on any atom is 0.151 e. The van der Waals surface area contributed by atoms with E-state index in [0.717, 1.165) is 21.8 Å². The lowest BCUT2D eigenvalue weighted by atomic mass is 10.3. The molecule has 0 atom stereocenters. The van der Waals surface area contributed by atoms with Crippen LogP contribution < -0.4 is 4.74 Å². The van der Waals surface area contributed by atoms with Gasteiger partial charge in [0.25, 0.3) is 0 Å². The van der Waals surface area contributed by atoms with Gasteiger partial charge in [-0.2, -0.15) is 0 Å². The van der Waals surface area contributed by atoms with Crippen LogP contribution in [0.15, 0.2) is 18.2 Å². The van der Waals surface area contributed by atoms with Crippen LogP contribution in [0.5, 0.6) is 5.75 Å². The maximum absolute atomic E-state index is 6.00. The number of hydrogen-bond donors (Lipinski definition) is 0. The molecule has 70 valence electrons. The molecule has 1 aliphatic carbocycles. The van der Waals surface area contributed by atoms with Gasteiger partial charge in [0.1, 0.15) is 0 Å². The summed E-state index contributed by atoms with van der Waals surface area (Å²) in [6.07, 6.45) is 2.61. The van der Waals surface area contributed by atoms with E-state index in [-0.39, 0.29) is 0 Å². The molecule has 0 N–H and O–H groups in total. The number of rotatable bonds is 3. The first-order chi connectivity index (χ1) is 6.27. The van der Waals surface area contributed by atoms with Crippen molar-refractivity contribution in [2.24, 2.45) is 5.92 Å². The lowest BCUT2D eigenvalue weighted by molar-refractivity contribution is 0.298. The zero-order valence-electron chi connectivity index (χ0n) is 7.09. The van der Waals surface area contributed by atoms with Crippen LogP contribution in [0.25, 0.3) is 0 Å². The second-order valence-electron chi connectivity index (χ2n) is 3.31. The van der Waals surface area contributed by atoms with Gasteiger partial charge in [-0.05, 0) is 53.5 Å². The first-order valence-electron chi connectivity index (χ1n) is 4.34. The molecule has 0 unspecified atom stereocenters. The average molecular weight is 309 g/mol. The Morgan fingerprint density at radius 3 is 2.85 bits per heavy atom. The minimum atomic E-state index is 0.715. The summed E-state index contributed by atoms with van der Waals surface area (Å²) in [5.74, 6) is 1.61. The van der Waals surface area contributed by atoms with Crippen molar-refractivity contribution >= 4 is 34.2 Å². The fraction of sp³-hybridized carbons (Fsp3) is 0.400. The van der Waals surface area contributed by atoms with Crippen LogP contribution in [-0.2, 0) is 0 Å². The summed E-state index contributed by atoms with van der Waals surface area (Å²) >= 11 is 8.25. The lowest BCUT2D eigenvalue weighted by Gasteiger charge is -2.08. The second-order valence-corrected chi connectivity index (χ2v) is 4.87. The highest BCUT2D eigenvalue weighted by atomic mass is 127. The Hall–Kier alpha value is 0.0400. The Kier molecular flexibility index (Phi) is 2.99. The molecule has 2 rings (SSSR count). The van der Waals surface area contributed by atoms with E-state index in [2.05, 4.69) is 22.6 Å². The quantitative estimate of drug-likeness (QED) is 0.773. The standard InChI is InChI=1S/C10H10ClIO/c11-8-2-1-3-9(12)10(8)13-6-7-4-5-7/h1-3,7H,4-6H2. The molecule has 0 heterocycles. The zero-order valence-corrected chi connectivity index (χ0v) is 10.0. The Bertz CT molecular complexity index is 290. The third-order valence-electron chi connectivity index (χ3n) is 2.08. The third-order valence-corrected chi connectivity index (χ3v) is 3.23. The molecule has 0 spiro atoms. The van der Waals surface area contributed by atoms with Crippen molar-refractivity contribution in [2.75, 3.05) is 6.61 Å². The molecule has 1 aromatic rings. The largest absolute Gasteiger partial charge is 0.491 e. The minimum Gasteiger partial charge on any atom is -0.491 e. The molecule has 0 amide bonds. The second kappa shape index (κ2) is 4.05. The first kappa shape index (κ1) is 9.59. The summed E-state index contributed by atoms with van der Waals surface area (Å²) in [7, 11) is 0. The van der Waals surface area contributed by atoms with E-state index >= 15 is 0 Å². The highest BCUT2D eigenvalue weighted by Crippen LogP contribution is 2.33. The van der Waals surface area contributed by atoms with E-state index in [1.54, 1.807) is 0 Å². The summed E-state index contributed by atoms with van der Waals surface area (Å²) in [5, 5.41) is 0.715. The van der Waals surface area contributed by atoms with Crippen LogP contribution in [0.2, 0.25) is 5.02 Å². The van der Waals surface area contributed by atoms with E-state index in [1.165, 1.54) is 12.8 Å². The molecule has 3 heteroatoms. The monoisotopic (exact) mass is 308 g/mol. The van der Waals surface area contributed by atoms with Crippen molar-refractivity contribution < 1.29 is 4.74 Å². The first-order valence-corrected chi connectivity index (χ1v) is 5.80. The third kappa shape index (κ3) is 2.50. The number of ether oxygens (including phenoxy) is 1. The van der Waals surface area contributed by atoms with Crippen LogP contribution in [-0.4, -0.2) is 6.61 Å². The van der Waals surface area contributed by atoms with Crippen molar-refractivity contribution in [3.05, 3.63) is 26.8 Å². The van der Waals surface area contributed by atoms with E-state index in [1.807, 2.05) is 18.2 Å². The van der Waals surface area contributed by atoms with Gasteiger partial charge in [0.2, 0.25) is 0 Å². The molecule has 0 bridgehead atoms. The van der Waals surface area contributed by atoms with Gasteiger partial charge in [0.05, 0.1) is 15.2 Å². The number of hydrogen-bond acceptors (Lipinski definition) is 1. The van der Waals surface area contributed by atoms with Crippen molar-refractivity contribution in [1.82, 2.24) is 0 Å². The molecule has 0 radical (unpaired) electrons. The van der Waals surface area contributed by atoms with Crippen molar-refractivity contribution in [3.63, 3.8) is 0 Å². The normalized spacial score (nSPS) is 15.8. The van der Waals surface area contributed by atoms with Gasteiger partial charge in [0, 0.05) is 0 Å². The molecule has 1 fully saturated rings. The summed E-state index contributed by atoms with van der Waals surface area (Å²) in [6.45, 7) is 0.819. The lowest BCUT2D eigenvalue weighted by Crippen LogP contribution is -2.00. The summed E-state index contributed by atoms with van der Waals surface area (Å²) < 4.78 is 6.74. The topological polar surface area (TPSA) is 9.23 Å².